The first-order valence-corrected chi connectivity index (χ1v) is 9.45. The molecule has 1 amide bonds. The van der Waals surface area contributed by atoms with Crippen LogP contribution in [0.5, 0.6) is 5.75 Å². The zero-order valence-electron chi connectivity index (χ0n) is 13.5. The van der Waals surface area contributed by atoms with Crippen molar-refractivity contribution >= 4 is 32.5 Å². The molecule has 8 heteroatoms. The van der Waals surface area contributed by atoms with E-state index in [0.29, 0.717) is 30.8 Å². The number of hydrogen-bond donors (Lipinski definition) is 1. The average molecular weight is 349 g/mol. The first-order valence-electron chi connectivity index (χ1n) is 7.60. The van der Waals surface area contributed by atoms with Gasteiger partial charge in [0.05, 0.1) is 30.8 Å². The van der Waals surface area contributed by atoms with Crippen molar-refractivity contribution in [3.8, 4) is 5.75 Å². The lowest BCUT2D eigenvalue weighted by Gasteiger charge is -2.21. The van der Waals surface area contributed by atoms with E-state index in [-0.39, 0.29) is 5.91 Å². The Morgan fingerprint density at radius 2 is 2.17 bits per heavy atom. The SMILES string of the molecule is COc1ccc2cc(NC(=O)[C@@H]3CCCN3S(C)(=O)=O)cnc2c1. The number of carbonyl (C=O) groups excluding carboxylic acids is 1. The van der Waals surface area contributed by atoms with E-state index in [2.05, 4.69) is 10.3 Å². The van der Waals surface area contributed by atoms with Crippen LogP contribution >= 0.6 is 0 Å². The highest BCUT2D eigenvalue weighted by Crippen LogP contribution is 2.24. The molecule has 0 aliphatic carbocycles. The number of aromatic nitrogens is 1. The fourth-order valence-electron chi connectivity index (χ4n) is 2.92. The van der Waals surface area contributed by atoms with Gasteiger partial charge in [0.15, 0.2) is 0 Å². The van der Waals surface area contributed by atoms with E-state index in [4.69, 9.17) is 4.74 Å². The summed E-state index contributed by atoms with van der Waals surface area (Å²) in [6.07, 6.45) is 3.89. The number of carbonyl (C=O) groups is 1. The number of nitrogens with zero attached hydrogens (tertiary/aromatic N) is 2. The minimum atomic E-state index is -3.39. The van der Waals surface area contributed by atoms with E-state index in [1.165, 1.54) is 4.31 Å². The lowest BCUT2D eigenvalue weighted by Crippen LogP contribution is -2.42. The highest BCUT2D eigenvalue weighted by molar-refractivity contribution is 7.88. The molecular formula is C16H19N3O4S. The summed E-state index contributed by atoms with van der Waals surface area (Å²) in [7, 11) is -1.80. The van der Waals surface area contributed by atoms with Crippen LogP contribution in [0.15, 0.2) is 30.5 Å². The minimum absolute atomic E-state index is 0.326. The van der Waals surface area contributed by atoms with Crippen molar-refractivity contribution in [2.45, 2.75) is 18.9 Å². The Hall–Kier alpha value is -2.19. The van der Waals surface area contributed by atoms with Crippen LogP contribution in [0.1, 0.15) is 12.8 Å². The fraction of sp³-hybridized carbons (Fsp3) is 0.375. The Morgan fingerprint density at radius 1 is 1.38 bits per heavy atom. The Bertz CT molecular complexity index is 882. The third-order valence-corrected chi connectivity index (χ3v) is 5.38. The van der Waals surface area contributed by atoms with E-state index < -0.39 is 16.1 Å². The van der Waals surface area contributed by atoms with Gasteiger partial charge in [-0.15, -0.1) is 0 Å². The summed E-state index contributed by atoms with van der Waals surface area (Å²) in [6.45, 7) is 0.382. The number of sulfonamides is 1. The fourth-order valence-corrected chi connectivity index (χ4v) is 4.05. The van der Waals surface area contributed by atoms with Crippen LogP contribution in [0.25, 0.3) is 10.9 Å². The van der Waals surface area contributed by atoms with Gasteiger partial charge in [0, 0.05) is 18.0 Å². The third-order valence-electron chi connectivity index (χ3n) is 4.09. The molecule has 1 aliphatic heterocycles. The van der Waals surface area contributed by atoms with Gasteiger partial charge in [-0.05, 0) is 31.0 Å². The van der Waals surface area contributed by atoms with E-state index in [0.717, 1.165) is 17.2 Å². The molecule has 1 aromatic heterocycles. The highest BCUT2D eigenvalue weighted by atomic mass is 32.2. The number of anilines is 1. The summed E-state index contributed by atoms with van der Waals surface area (Å²) in [5.41, 5.74) is 1.30. The van der Waals surface area contributed by atoms with Crippen LogP contribution in [-0.2, 0) is 14.8 Å². The zero-order valence-corrected chi connectivity index (χ0v) is 14.3. The summed E-state index contributed by atoms with van der Waals surface area (Å²) in [6, 6.07) is 6.63. The van der Waals surface area contributed by atoms with Gasteiger partial charge in [0.2, 0.25) is 15.9 Å². The predicted molar refractivity (Wildman–Crippen MR) is 91.5 cm³/mol. The van der Waals surface area contributed by atoms with Gasteiger partial charge in [-0.2, -0.15) is 4.31 Å². The zero-order chi connectivity index (χ0) is 17.3. The Morgan fingerprint density at radius 3 is 2.88 bits per heavy atom. The molecule has 1 aliphatic rings. The molecule has 0 bridgehead atoms. The second-order valence-corrected chi connectivity index (χ2v) is 7.74. The average Bonchev–Trinajstić information content (AvgIpc) is 3.04. The van der Waals surface area contributed by atoms with E-state index in [1.807, 2.05) is 18.2 Å². The number of pyridine rings is 1. The maximum atomic E-state index is 12.4. The maximum absolute atomic E-state index is 12.4. The highest BCUT2D eigenvalue weighted by Gasteiger charge is 2.36. The lowest BCUT2D eigenvalue weighted by molar-refractivity contribution is -0.119. The number of rotatable bonds is 4. The van der Waals surface area contributed by atoms with Crippen LogP contribution in [0.2, 0.25) is 0 Å². The third kappa shape index (κ3) is 3.34. The number of methoxy groups -OCH3 is 1. The Balaban J connectivity index is 1.80. The topological polar surface area (TPSA) is 88.6 Å². The summed E-state index contributed by atoms with van der Waals surface area (Å²) in [5.74, 6) is 0.383. The summed E-state index contributed by atoms with van der Waals surface area (Å²) >= 11 is 0. The van der Waals surface area contributed by atoms with Gasteiger partial charge < -0.3 is 10.1 Å². The molecule has 1 N–H and O–H groups in total. The van der Waals surface area contributed by atoms with Gasteiger partial charge in [-0.1, -0.05) is 0 Å². The standard InChI is InChI=1S/C16H19N3O4S/c1-23-13-6-5-11-8-12(10-17-14(11)9-13)18-16(20)15-4-3-7-19(15)24(2,21)22/h5-6,8-10,15H,3-4,7H2,1-2H3,(H,18,20)/t15-/m0/s1. The molecule has 7 nitrogen and oxygen atoms in total. The number of amides is 1. The molecule has 1 aromatic carbocycles. The van der Waals surface area contributed by atoms with E-state index >= 15 is 0 Å². The normalized spacial score (nSPS) is 18.7. The van der Waals surface area contributed by atoms with Crippen LogP contribution in [0, 0.1) is 0 Å². The molecule has 24 heavy (non-hydrogen) atoms. The van der Waals surface area contributed by atoms with Crippen molar-refractivity contribution in [2.24, 2.45) is 0 Å². The molecule has 1 saturated heterocycles. The molecule has 0 radical (unpaired) electrons. The Kier molecular flexibility index (Phi) is 4.42. The molecule has 0 unspecified atom stereocenters. The van der Waals surface area contributed by atoms with Crippen LogP contribution in [0.3, 0.4) is 0 Å². The lowest BCUT2D eigenvalue weighted by atomic mass is 10.2. The van der Waals surface area contributed by atoms with Gasteiger partial charge >= 0.3 is 0 Å². The maximum Gasteiger partial charge on any atom is 0.242 e. The number of hydrogen-bond acceptors (Lipinski definition) is 5. The van der Waals surface area contributed by atoms with Gasteiger partial charge in [0.25, 0.3) is 0 Å². The summed E-state index contributed by atoms with van der Waals surface area (Å²) in [5, 5.41) is 3.63. The number of fused-ring (bicyclic) bond motifs is 1. The van der Waals surface area contributed by atoms with Crippen LogP contribution < -0.4 is 10.1 Å². The number of benzene rings is 1. The van der Waals surface area contributed by atoms with Crippen LogP contribution in [-0.4, -0.2) is 49.6 Å². The summed E-state index contributed by atoms with van der Waals surface area (Å²) in [4.78, 5) is 16.8. The molecule has 1 fully saturated rings. The first kappa shape index (κ1) is 16.7. The smallest absolute Gasteiger partial charge is 0.242 e. The van der Waals surface area contributed by atoms with Gasteiger partial charge in [-0.3, -0.25) is 9.78 Å². The second kappa shape index (κ2) is 6.37. The van der Waals surface area contributed by atoms with E-state index in [9.17, 15) is 13.2 Å². The molecule has 128 valence electrons. The largest absolute Gasteiger partial charge is 0.497 e. The van der Waals surface area contributed by atoms with Gasteiger partial charge in [0.1, 0.15) is 11.8 Å². The molecule has 2 heterocycles. The van der Waals surface area contributed by atoms with Crippen molar-refractivity contribution < 1.29 is 17.9 Å². The molecule has 1 atom stereocenters. The van der Waals surface area contributed by atoms with E-state index in [1.54, 1.807) is 19.4 Å². The predicted octanol–water partition coefficient (Wildman–Crippen LogP) is 1.61. The molecule has 3 rings (SSSR count). The van der Waals surface area contributed by atoms with Crippen molar-refractivity contribution in [3.05, 3.63) is 30.5 Å². The Labute approximate surface area is 140 Å². The molecular weight excluding hydrogens is 330 g/mol. The van der Waals surface area contributed by atoms with Crippen molar-refractivity contribution in [3.63, 3.8) is 0 Å². The van der Waals surface area contributed by atoms with Crippen LogP contribution in [0.4, 0.5) is 5.69 Å². The van der Waals surface area contributed by atoms with Crippen molar-refractivity contribution in [1.82, 2.24) is 9.29 Å². The molecule has 0 spiro atoms. The minimum Gasteiger partial charge on any atom is -0.497 e. The monoisotopic (exact) mass is 349 g/mol. The molecule has 0 saturated carbocycles. The molecule has 2 aromatic rings. The van der Waals surface area contributed by atoms with Gasteiger partial charge in [-0.25, -0.2) is 8.42 Å². The number of nitrogens with one attached hydrogen (secondary N) is 1. The summed E-state index contributed by atoms with van der Waals surface area (Å²) < 4.78 is 29.9. The number of ether oxygens (including phenoxy) is 1. The quantitative estimate of drug-likeness (QED) is 0.906. The van der Waals surface area contributed by atoms with Crippen molar-refractivity contribution in [2.75, 3.05) is 25.2 Å². The second-order valence-electron chi connectivity index (χ2n) is 5.80. The van der Waals surface area contributed by atoms with Crippen molar-refractivity contribution in [1.29, 1.82) is 0 Å². The first-order chi connectivity index (χ1) is 11.4.